The lowest BCUT2D eigenvalue weighted by atomic mass is 10.1. The van der Waals surface area contributed by atoms with Gasteiger partial charge >= 0.3 is 0 Å². The van der Waals surface area contributed by atoms with Gasteiger partial charge in [-0.05, 0) is 37.1 Å². The Morgan fingerprint density at radius 2 is 2.05 bits per heavy atom. The minimum atomic E-state index is -0.496. The van der Waals surface area contributed by atoms with Crippen molar-refractivity contribution < 1.29 is 8.78 Å². The molecule has 3 nitrogen and oxygen atoms in total. The summed E-state index contributed by atoms with van der Waals surface area (Å²) in [6.45, 7) is 4.52. The first-order valence-corrected chi connectivity index (χ1v) is 6.14. The minimum Gasteiger partial charge on any atom is -0.354 e. The lowest BCUT2D eigenvalue weighted by molar-refractivity contribution is 0.602. The summed E-state index contributed by atoms with van der Waals surface area (Å²) in [7, 11) is 0. The lowest BCUT2D eigenvalue weighted by Gasteiger charge is -2.09. The topological polar surface area (TPSA) is 37.8 Å². The van der Waals surface area contributed by atoms with Gasteiger partial charge < -0.3 is 5.32 Å². The van der Waals surface area contributed by atoms with E-state index in [0.717, 1.165) is 31.2 Å². The van der Waals surface area contributed by atoms with Gasteiger partial charge in [-0.15, -0.1) is 0 Å². The van der Waals surface area contributed by atoms with Crippen LogP contribution in [0.3, 0.4) is 0 Å². The van der Waals surface area contributed by atoms with Gasteiger partial charge in [0.15, 0.2) is 0 Å². The van der Waals surface area contributed by atoms with Crippen LogP contribution in [-0.2, 0) is 0 Å². The van der Waals surface area contributed by atoms with E-state index >= 15 is 0 Å². The van der Waals surface area contributed by atoms with Gasteiger partial charge in [0, 0.05) is 18.3 Å². The second-order valence-corrected chi connectivity index (χ2v) is 4.28. The van der Waals surface area contributed by atoms with Gasteiger partial charge in [-0.25, -0.2) is 18.7 Å². The van der Waals surface area contributed by atoms with Crippen molar-refractivity contribution in [3.8, 4) is 11.3 Å². The fourth-order valence-corrected chi connectivity index (χ4v) is 1.72. The van der Waals surface area contributed by atoms with Gasteiger partial charge in [-0.2, -0.15) is 0 Å². The highest BCUT2D eigenvalue weighted by molar-refractivity contribution is 5.64. The van der Waals surface area contributed by atoms with Gasteiger partial charge in [0.1, 0.15) is 11.6 Å². The van der Waals surface area contributed by atoms with Crippen molar-refractivity contribution in [2.24, 2.45) is 0 Å². The minimum absolute atomic E-state index is 0.152. The third-order valence-corrected chi connectivity index (χ3v) is 2.69. The third-order valence-electron chi connectivity index (χ3n) is 2.69. The molecular formula is C14H15F2N3. The predicted molar refractivity (Wildman–Crippen MR) is 70.9 cm³/mol. The standard InChI is InChI=1S/C14H15F2N3/c1-3-6-17-14-18-8-9(2)13(19-14)11-7-10(15)4-5-12(11)16/h4-5,7-8H,3,6H2,1-2H3,(H,17,18,19). The van der Waals surface area contributed by atoms with Crippen molar-refractivity contribution in [3.63, 3.8) is 0 Å². The first-order valence-electron chi connectivity index (χ1n) is 6.14. The summed E-state index contributed by atoms with van der Waals surface area (Å²) in [6, 6.07) is 3.34. The second-order valence-electron chi connectivity index (χ2n) is 4.28. The fraction of sp³-hybridized carbons (Fsp3) is 0.286. The molecule has 0 bridgehead atoms. The van der Waals surface area contributed by atoms with E-state index in [0.29, 0.717) is 17.2 Å². The van der Waals surface area contributed by atoms with Gasteiger partial charge in [-0.1, -0.05) is 6.92 Å². The summed E-state index contributed by atoms with van der Waals surface area (Å²) < 4.78 is 27.0. The monoisotopic (exact) mass is 263 g/mol. The highest BCUT2D eigenvalue weighted by Crippen LogP contribution is 2.25. The molecule has 0 spiro atoms. The lowest BCUT2D eigenvalue weighted by Crippen LogP contribution is -2.06. The van der Waals surface area contributed by atoms with Gasteiger partial charge in [0.2, 0.25) is 5.95 Å². The smallest absolute Gasteiger partial charge is 0.223 e. The van der Waals surface area contributed by atoms with Crippen molar-refractivity contribution in [2.45, 2.75) is 20.3 Å². The number of hydrogen-bond donors (Lipinski definition) is 1. The average molecular weight is 263 g/mol. The Morgan fingerprint density at radius 3 is 2.79 bits per heavy atom. The highest BCUT2D eigenvalue weighted by atomic mass is 19.1. The number of rotatable bonds is 4. The van der Waals surface area contributed by atoms with Gasteiger partial charge in [-0.3, -0.25) is 0 Å². The molecular weight excluding hydrogens is 248 g/mol. The molecule has 0 aliphatic heterocycles. The van der Waals surface area contributed by atoms with E-state index in [-0.39, 0.29) is 5.56 Å². The number of benzene rings is 1. The van der Waals surface area contributed by atoms with Crippen LogP contribution >= 0.6 is 0 Å². The third kappa shape index (κ3) is 3.05. The molecule has 1 aromatic carbocycles. The van der Waals surface area contributed by atoms with E-state index in [4.69, 9.17) is 0 Å². The zero-order chi connectivity index (χ0) is 13.8. The van der Waals surface area contributed by atoms with Crippen LogP contribution in [-0.4, -0.2) is 16.5 Å². The molecule has 5 heteroatoms. The van der Waals surface area contributed by atoms with Crippen molar-refractivity contribution in [1.82, 2.24) is 9.97 Å². The molecule has 1 aromatic heterocycles. The molecule has 0 saturated carbocycles. The Hall–Kier alpha value is -2.04. The van der Waals surface area contributed by atoms with E-state index < -0.39 is 11.6 Å². The van der Waals surface area contributed by atoms with Crippen LogP contribution < -0.4 is 5.32 Å². The number of nitrogens with one attached hydrogen (secondary N) is 1. The molecule has 0 unspecified atom stereocenters. The zero-order valence-electron chi connectivity index (χ0n) is 10.9. The first kappa shape index (κ1) is 13.4. The van der Waals surface area contributed by atoms with Crippen LogP contribution in [0.1, 0.15) is 18.9 Å². The average Bonchev–Trinajstić information content (AvgIpc) is 2.41. The molecule has 1 N–H and O–H groups in total. The summed E-state index contributed by atoms with van der Waals surface area (Å²) in [6.07, 6.45) is 2.53. The zero-order valence-corrected chi connectivity index (χ0v) is 10.9. The van der Waals surface area contributed by atoms with Crippen molar-refractivity contribution in [1.29, 1.82) is 0 Å². The molecule has 2 aromatic rings. The molecule has 1 heterocycles. The largest absolute Gasteiger partial charge is 0.354 e. The second kappa shape index (κ2) is 5.73. The molecule has 0 fully saturated rings. The number of anilines is 1. The molecule has 0 radical (unpaired) electrons. The maximum Gasteiger partial charge on any atom is 0.223 e. The molecule has 0 amide bonds. The maximum absolute atomic E-state index is 13.8. The molecule has 0 aliphatic rings. The molecule has 100 valence electrons. The van der Waals surface area contributed by atoms with Crippen LogP contribution in [0.15, 0.2) is 24.4 Å². The van der Waals surface area contributed by atoms with E-state index in [1.165, 1.54) is 0 Å². The molecule has 19 heavy (non-hydrogen) atoms. The van der Waals surface area contributed by atoms with E-state index in [1.807, 2.05) is 6.92 Å². The Kier molecular flexibility index (Phi) is 4.04. The Morgan fingerprint density at radius 1 is 1.26 bits per heavy atom. The van der Waals surface area contributed by atoms with Gasteiger partial charge in [0.25, 0.3) is 0 Å². The highest BCUT2D eigenvalue weighted by Gasteiger charge is 2.12. The quantitative estimate of drug-likeness (QED) is 0.916. The Bertz CT molecular complexity index is 585. The first-order chi connectivity index (χ1) is 9.11. The fourth-order valence-electron chi connectivity index (χ4n) is 1.72. The van der Waals surface area contributed by atoms with Crippen LogP contribution in [0.4, 0.5) is 14.7 Å². The number of nitrogens with zero attached hydrogens (tertiary/aromatic N) is 2. The number of halogens is 2. The molecule has 2 rings (SSSR count). The number of hydrogen-bond acceptors (Lipinski definition) is 3. The SMILES string of the molecule is CCCNc1ncc(C)c(-c2cc(F)ccc2F)n1. The Balaban J connectivity index is 2.45. The van der Waals surface area contributed by atoms with Gasteiger partial charge in [0.05, 0.1) is 5.69 Å². The summed E-state index contributed by atoms with van der Waals surface area (Å²) in [5, 5.41) is 3.03. The van der Waals surface area contributed by atoms with E-state index in [9.17, 15) is 8.78 Å². The van der Waals surface area contributed by atoms with Crippen molar-refractivity contribution >= 4 is 5.95 Å². The molecule has 0 saturated heterocycles. The van der Waals surface area contributed by atoms with E-state index in [1.54, 1.807) is 13.1 Å². The van der Waals surface area contributed by atoms with Crippen LogP contribution in [0, 0.1) is 18.6 Å². The Labute approximate surface area is 110 Å². The summed E-state index contributed by atoms with van der Waals surface area (Å²) >= 11 is 0. The molecule has 0 atom stereocenters. The summed E-state index contributed by atoms with van der Waals surface area (Å²) in [4.78, 5) is 8.37. The van der Waals surface area contributed by atoms with E-state index in [2.05, 4.69) is 15.3 Å². The number of aryl methyl sites for hydroxylation is 1. The predicted octanol–water partition coefficient (Wildman–Crippen LogP) is 3.55. The summed E-state index contributed by atoms with van der Waals surface area (Å²) in [5.41, 5.74) is 1.26. The van der Waals surface area contributed by atoms with Crippen molar-refractivity contribution in [3.05, 3.63) is 41.6 Å². The van der Waals surface area contributed by atoms with Crippen LogP contribution in [0.5, 0.6) is 0 Å². The number of aromatic nitrogens is 2. The van der Waals surface area contributed by atoms with Crippen LogP contribution in [0.25, 0.3) is 11.3 Å². The maximum atomic E-state index is 13.8. The van der Waals surface area contributed by atoms with Crippen LogP contribution in [0.2, 0.25) is 0 Å². The van der Waals surface area contributed by atoms with Crippen molar-refractivity contribution in [2.75, 3.05) is 11.9 Å². The molecule has 0 aliphatic carbocycles. The summed E-state index contributed by atoms with van der Waals surface area (Å²) in [5.74, 6) is -0.562. The normalized spacial score (nSPS) is 10.5.